The number of fused-ring (bicyclic) bond motifs is 1. The van der Waals surface area contributed by atoms with Crippen LogP contribution in [0.4, 0.5) is 9.18 Å². The summed E-state index contributed by atoms with van der Waals surface area (Å²) in [5, 5.41) is 0.621. The van der Waals surface area contributed by atoms with Crippen LogP contribution in [-0.2, 0) is 4.74 Å². The van der Waals surface area contributed by atoms with Gasteiger partial charge in [-0.1, -0.05) is 12.1 Å². The fraction of sp³-hybridized carbons (Fsp3) is 0.308. The molecule has 0 unspecified atom stereocenters. The number of para-hydroxylation sites is 1. The molecule has 1 aromatic carbocycles. The van der Waals surface area contributed by atoms with E-state index in [0.29, 0.717) is 5.39 Å². The summed E-state index contributed by atoms with van der Waals surface area (Å²) in [5.74, 6) is -0.463. The van der Waals surface area contributed by atoms with Gasteiger partial charge in [-0.25, -0.2) is 13.8 Å². The van der Waals surface area contributed by atoms with Crippen molar-refractivity contribution in [1.82, 2.24) is 4.57 Å². The first-order chi connectivity index (χ1) is 7.88. The average molecular weight is 234 g/mol. The second-order valence-corrected chi connectivity index (χ2v) is 4.77. The first-order valence-electron chi connectivity index (χ1n) is 5.29. The third-order valence-corrected chi connectivity index (χ3v) is 2.17. The highest BCUT2D eigenvalue weighted by atomic mass is 19.1. The molecule has 1 radical (unpaired) electrons. The molecule has 0 aliphatic rings. The Morgan fingerprint density at radius 2 is 2.12 bits per heavy atom. The van der Waals surface area contributed by atoms with Gasteiger partial charge in [-0.05, 0) is 32.9 Å². The van der Waals surface area contributed by atoms with Crippen molar-refractivity contribution in [2.45, 2.75) is 26.4 Å². The van der Waals surface area contributed by atoms with Crippen molar-refractivity contribution in [3.63, 3.8) is 0 Å². The Hall–Kier alpha value is -1.84. The molecule has 0 fully saturated rings. The third kappa shape index (κ3) is 2.30. The largest absolute Gasteiger partial charge is 0.443 e. The Morgan fingerprint density at radius 3 is 2.76 bits per heavy atom. The molecule has 0 spiro atoms. The van der Waals surface area contributed by atoms with E-state index >= 15 is 0 Å². The zero-order valence-corrected chi connectivity index (χ0v) is 9.95. The molecule has 0 saturated carbocycles. The van der Waals surface area contributed by atoms with Crippen molar-refractivity contribution in [2.24, 2.45) is 0 Å². The highest BCUT2D eigenvalue weighted by molar-refractivity contribution is 5.89. The van der Waals surface area contributed by atoms with Crippen LogP contribution in [0.15, 0.2) is 24.3 Å². The summed E-state index contributed by atoms with van der Waals surface area (Å²) in [6.07, 6.45) is 2.05. The van der Waals surface area contributed by atoms with E-state index in [9.17, 15) is 9.18 Å². The number of benzene rings is 1. The maximum Gasteiger partial charge on any atom is 0.419 e. The number of nitrogens with zero attached hydrogens (tertiary/aromatic N) is 1. The van der Waals surface area contributed by atoms with E-state index in [-0.39, 0.29) is 5.52 Å². The van der Waals surface area contributed by atoms with E-state index in [0.717, 1.165) is 4.57 Å². The molecule has 0 aliphatic carbocycles. The van der Waals surface area contributed by atoms with Crippen LogP contribution in [0.3, 0.4) is 0 Å². The Kier molecular flexibility index (Phi) is 2.65. The highest BCUT2D eigenvalue weighted by Gasteiger charge is 2.20. The van der Waals surface area contributed by atoms with Crippen molar-refractivity contribution >= 4 is 17.0 Å². The zero-order chi connectivity index (χ0) is 12.6. The molecular weight excluding hydrogens is 221 g/mol. The minimum atomic E-state index is -0.627. The number of ether oxygens (including phenoxy) is 1. The normalized spacial score (nSPS) is 11.8. The van der Waals surface area contributed by atoms with Crippen LogP contribution in [-0.4, -0.2) is 16.3 Å². The second-order valence-electron chi connectivity index (χ2n) is 4.77. The number of rotatable bonds is 0. The maximum absolute atomic E-state index is 13.6. The number of carbonyl (C=O) groups excluding carboxylic acids is 1. The van der Waals surface area contributed by atoms with Crippen LogP contribution < -0.4 is 0 Å². The Balaban J connectivity index is 2.46. The number of aromatic nitrogens is 1. The number of hydrogen-bond acceptors (Lipinski definition) is 2. The smallest absolute Gasteiger partial charge is 0.419 e. The quantitative estimate of drug-likeness (QED) is 0.699. The standard InChI is InChI=1S/C13H13FNO2/c1-13(2,3)17-12(16)15-8-7-9-5-4-6-10(14)11(9)15/h4-7H,1-3H3. The third-order valence-electron chi connectivity index (χ3n) is 2.17. The zero-order valence-electron chi connectivity index (χ0n) is 9.95. The van der Waals surface area contributed by atoms with E-state index in [1.165, 1.54) is 6.07 Å². The summed E-state index contributed by atoms with van der Waals surface area (Å²) in [6.45, 7) is 5.27. The summed E-state index contributed by atoms with van der Waals surface area (Å²) >= 11 is 0. The molecule has 1 heterocycles. The van der Waals surface area contributed by atoms with Crippen LogP contribution in [0.25, 0.3) is 10.9 Å². The fourth-order valence-electron chi connectivity index (χ4n) is 1.53. The van der Waals surface area contributed by atoms with Gasteiger partial charge in [0.15, 0.2) is 0 Å². The Morgan fingerprint density at radius 1 is 1.41 bits per heavy atom. The Bertz CT molecular complexity index is 566. The highest BCUT2D eigenvalue weighted by Crippen LogP contribution is 2.20. The van der Waals surface area contributed by atoms with E-state index < -0.39 is 17.5 Å². The van der Waals surface area contributed by atoms with E-state index in [4.69, 9.17) is 4.74 Å². The molecule has 1 aromatic heterocycles. The van der Waals surface area contributed by atoms with Gasteiger partial charge in [0.1, 0.15) is 11.4 Å². The van der Waals surface area contributed by atoms with Crippen LogP contribution in [0.1, 0.15) is 20.8 Å². The molecule has 3 nitrogen and oxygen atoms in total. The van der Waals surface area contributed by atoms with Crippen molar-refractivity contribution < 1.29 is 13.9 Å². The lowest BCUT2D eigenvalue weighted by atomic mass is 10.2. The lowest BCUT2D eigenvalue weighted by Gasteiger charge is -2.19. The molecule has 0 N–H and O–H groups in total. The molecule has 0 aliphatic heterocycles. The molecule has 0 amide bonds. The molecule has 0 bridgehead atoms. The number of carbonyl (C=O) groups is 1. The van der Waals surface area contributed by atoms with Gasteiger partial charge in [-0.15, -0.1) is 0 Å². The fourth-order valence-corrected chi connectivity index (χ4v) is 1.53. The van der Waals surface area contributed by atoms with E-state index in [1.807, 2.05) is 0 Å². The molecule has 4 heteroatoms. The monoisotopic (exact) mass is 234 g/mol. The van der Waals surface area contributed by atoms with Crippen LogP contribution >= 0.6 is 0 Å². The van der Waals surface area contributed by atoms with Crippen molar-refractivity contribution in [1.29, 1.82) is 0 Å². The molecule has 0 atom stereocenters. The summed E-state index contributed by atoms with van der Waals surface area (Å²) in [4.78, 5) is 11.8. The van der Waals surface area contributed by atoms with Crippen molar-refractivity contribution in [3.8, 4) is 0 Å². The SMILES string of the molecule is CC(C)(C)OC(=O)n1[c]cc2cccc(F)c21. The first-order valence-corrected chi connectivity index (χ1v) is 5.29. The van der Waals surface area contributed by atoms with Gasteiger partial charge in [-0.3, -0.25) is 0 Å². The van der Waals surface area contributed by atoms with Crippen LogP contribution in [0.5, 0.6) is 0 Å². The average Bonchev–Trinajstić information content (AvgIpc) is 2.60. The molecule has 0 saturated heterocycles. The van der Waals surface area contributed by atoms with Gasteiger partial charge < -0.3 is 4.74 Å². The summed E-state index contributed by atoms with van der Waals surface area (Å²) < 4.78 is 19.9. The lowest BCUT2D eigenvalue weighted by Crippen LogP contribution is -2.27. The van der Waals surface area contributed by atoms with Gasteiger partial charge in [0.05, 0.1) is 11.7 Å². The second kappa shape index (κ2) is 3.87. The molecule has 17 heavy (non-hydrogen) atoms. The maximum atomic E-state index is 13.6. The van der Waals surface area contributed by atoms with Crippen LogP contribution in [0, 0.1) is 12.0 Å². The van der Waals surface area contributed by atoms with Gasteiger partial charge >= 0.3 is 6.09 Å². The first kappa shape index (κ1) is 11.6. The van der Waals surface area contributed by atoms with E-state index in [1.54, 1.807) is 39.0 Å². The summed E-state index contributed by atoms with van der Waals surface area (Å²) in [6, 6.07) is 6.17. The van der Waals surface area contributed by atoms with Crippen molar-refractivity contribution in [3.05, 3.63) is 36.3 Å². The van der Waals surface area contributed by atoms with Crippen molar-refractivity contribution in [2.75, 3.05) is 0 Å². The minimum Gasteiger partial charge on any atom is -0.443 e. The minimum absolute atomic E-state index is 0.196. The Labute approximate surface area is 98.8 Å². The van der Waals surface area contributed by atoms with Gasteiger partial charge in [0, 0.05) is 5.39 Å². The summed E-state index contributed by atoms with van der Waals surface area (Å²) in [7, 11) is 0. The van der Waals surface area contributed by atoms with Gasteiger partial charge in [0.2, 0.25) is 0 Å². The summed E-state index contributed by atoms with van der Waals surface area (Å²) in [5.41, 5.74) is -0.422. The topological polar surface area (TPSA) is 31.2 Å². The van der Waals surface area contributed by atoms with E-state index in [2.05, 4.69) is 6.20 Å². The predicted molar refractivity (Wildman–Crippen MR) is 62.4 cm³/mol. The molecule has 89 valence electrons. The molecular formula is C13H13FNO2. The lowest BCUT2D eigenvalue weighted by molar-refractivity contribution is 0.0542. The molecule has 2 rings (SSSR count). The number of halogens is 1. The van der Waals surface area contributed by atoms with Gasteiger partial charge in [-0.2, -0.15) is 0 Å². The predicted octanol–water partition coefficient (Wildman–Crippen LogP) is 3.36. The van der Waals surface area contributed by atoms with Gasteiger partial charge in [0.25, 0.3) is 0 Å². The molecule has 2 aromatic rings. The van der Waals surface area contributed by atoms with Crippen LogP contribution in [0.2, 0.25) is 0 Å². The number of hydrogen-bond donors (Lipinski definition) is 0.